The van der Waals surface area contributed by atoms with Crippen molar-refractivity contribution in [2.75, 3.05) is 18.6 Å². The van der Waals surface area contributed by atoms with Gasteiger partial charge >= 0.3 is 11.9 Å². The Bertz CT molecular complexity index is 1430. The first-order valence-electron chi connectivity index (χ1n) is 12.0. The summed E-state index contributed by atoms with van der Waals surface area (Å²) >= 11 is 0.903. The fourth-order valence-electron chi connectivity index (χ4n) is 4.09. The summed E-state index contributed by atoms with van der Waals surface area (Å²) in [6, 6.07) is 9.79. The maximum atomic E-state index is 14.3. The van der Waals surface area contributed by atoms with Crippen molar-refractivity contribution in [2.45, 2.75) is 39.7 Å². The number of unbranched alkanes of at least 4 members (excludes halogenated alkanes) is 1. The standard InChI is InChI=1S/C28H27FN2O6S/c1-5-6-13-37-19-11-9-17(10-12-19)22-21(23(32)18-8-7-15(2)20(29)14-18)24(33)26(34)31(22)28-30-16(3)25(38-28)27(35)36-4/h7-12,14,22,32H,5-6,13H2,1-4H3/b23-21-. The molecule has 8 nitrogen and oxygen atoms in total. The Hall–Kier alpha value is -4.05. The Balaban J connectivity index is 1.86. The molecule has 1 atom stereocenters. The average molecular weight is 539 g/mol. The van der Waals surface area contributed by atoms with Crippen LogP contribution in [0.2, 0.25) is 0 Å². The Morgan fingerprint density at radius 2 is 1.87 bits per heavy atom. The lowest BCUT2D eigenvalue weighted by molar-refractivity contribution is -0.132. The molecular weight excluding hydrogens is 511 g/mol. The number of carbonyl (C=O) groups is 3. The molecule has 198 valence electrons. The summed E-state index contributed by atoms with van der Waals surface area (Å²) in [7, 11) is 1.23. The molecule has 1 aliphatic rings. The highest BCUT2D eigenvalue weighted by Crippen LogP contribution is 2.44. The summed E-state index contributed by atoms with van der Waals surface area (Å²) < 4.78 is 24.9. The lowest BCUT2D eigenvalue weighted by Gasteiger charge is -2.23. The quantitative estimate of drug-likeness (QED) is 0.133. The molecule has 2 heterocycles. The van der Waals surface area contributed by atoms with Crippen LogP contribution in [0.5, 0.6) is 5.75 Å². The topological polar surface area (TPSA) is 106 Å². The predicted molar refractivity (Wildman–Crippen MR) is 141 cm³/mol. The third kappa shape index (κ3) is 5.04. The van der Waals surface area contributed by atoms with E-state index in [1.54, 1.807) is 38.1 Å². The normalized spacial score (nSPS) is 16.7. The molecule has 1 aliphatic heterocycles. The number of nitrogens with zero attached hydrogens (tertiary/aromatic N) is 2. The zero-order chi connectivity index (χ0) is 27.6. The van der Waals surface area contributed by atoms with E-state index in [0.717, 1.165) is 35.1 Å². The number of aryl methyl sites for hydroxylation is 2. The van der Waals surface area contributed by atoms with Crippen molar-refractivity contribution in [3.8, 4) is 5.75 Å². The maximum Gasteiger partial charge on any atom is 0.350 e. The minimum absolute atomic E-state index is 0.0567. The molecule has 38 heavy (non-hydrogen) atoms. The molecule has 1 fully saturated rings. The Labute approximate surface area is 223 Å². The largest absolute Gasteiger partial charge is 0.507 e. The number of methoxy groups -OCH3 is 1. The third-order valence-corrected chi connectivity index (χ3v) is 7.35. The van der Waals surface area contributed by atoms with Crippen LogP contribution < -0.4 is 9.64 Å². The summed E-state index contributed by atoms with van der Waals surface area (Å²) in [6.07, 6.45) is 1.87. The van der Waals surface area contributed by atoms with E-state index in [1.807, 2.05) is 0 Å². The SMILES string of the molecule is CCCCOc1ccc(C2/C(=C(/O)c3ccc(C)c(F)c3)C(=O)C(=O)N2c2nc(C)c(C(=O)OC)s2)cc1. The molecule has 1 N–H and O–H groups in total. The van der Waals surface area contributed by atoms with Gasteiger partial charge in [-0.25, -0.2) is 14.2 Å². The number of ether oxygens (including phenoxy) is 2. The predicted octanol–water partition coefficient (Wildman–Crippen LogP) is 5.49. The number of hydrogen-bond donors (Lipinski definition) is 1. The van der Waals surface area contributed by atoms with E-state index in [2.05, 4.69) is 11.9 Å². The number of esters is 1. The Morgan fingerprint density at radius 3 is 2.50 bits per heavy atom. The Morgan fingerprint density at radius 1 is 1.16 bits per heavy atom. The minimum Gasteiger partial charge on any atom is -0.507 e. The second kappa shape index (κ2) is 11.1. The number of aliphatic hydroxyl groups excluding tert-OH is 1. The highest BCUT2D eigenvalue weighted by atomic mass is 32.1. The van der Waals surface area contributed by atoms with Crippen molar-refractivity contribution in [3.63, 3.8) is 0 Å². The van der Waals surface area contributed by atoms with Crippen LogP contribution in [0.15, 0.2) is 48.0 Å². The van der Waals surface area contributed by atoms with E-state index in [9.17, 15) is 23.9 Å². The number of hydrogen-bond acceptors (Lipinski definition) is 8. The number of amides is 1. The second-order valence-electron chi connectivity index (χ2n) is 8.81. The zero-order valence-electron chi connectivity index (χ0n) is 21.4. The van der Waals surface area contributed by atoms with Gasteiger partial charge in [-0.05, 0) is 49.6 Å². The van der Waals surface area contributed by atoms with Crippen LogP contribution in [-0.2, 0) is 14.3 Å². The van der Waals surface area contributed by atoms with Crippen LogP contribution in [0.25, 0.3) is 5.76 Å². The number of anilines is 1. The van der Waals surface area contributed by atoms with Crippen LogP contribution in [0, 0.1) is 19.7 Å². The van der Waals surface area contributed by atoms with Crippen molar-refractivity contribution in [3.05, 3.63) is 81.1 Å². The minimum atomic E-state index is -1.08. The van der Waals surface area contributed by atoms with Gasteiger partial charge in [-0.15, -0.1) is 0 Å². The maximum absolute atomic E-state index is 14.3. The molecule has 1 amide bonds. The van der Waals surface area contributed by atoms with Gasteiger partial charge in [0.05, 0.1) is 31.0 Å². The number of aromatic nitrogens is 1. The van der Waals surface area contributed by atoms with Crippen molar-refractivity contribution in [2.24, 2.45) is 0 Å². The summed E-state index contributed by atoms with van der Waals surface area (Å²) in [5, 5.41) is 11.3. The first-order chi connectivity index (χ1) is 18.2. The van der Waals surface area contributed by atoms with Gasteiger partial charge in [0.2, 0.25) is 0 Å². The first-order valence-corrected chi connectivity index (χ1v) is 12.9. The summed E-state index contributed by atoms with van der Waals surface area (Å²) in [6.45, 7) is 5.77. The zero-order valence-corrected chi connectivity index (χ0v) is 22.2. The number of carbonyl (C=O) groups excluding carboxylic acids is 3. The van der Waals surface area contributed by atoms with E-state index in [4.69, 9.17) is 9.47 Å². The molecule has 10 heteroatoms. The van der Waals surface area contributed by atoms with Crippen LogP contribution >= 0.6 is 11.3 Å². The van der Waals surface area contributed by atoms with E-state index in [-0.39, 0.29) is 21.1 Å². The molecule has 1 aromatic heterocycles. The van der Waals surface area contributed by atoms with Crippen LogP contribution in [0.4, 0.5) is 9.52 Å². The molecule has 3 aromatic rings. The first kappa shape index (κ1) is 27.0. The van der Waals surface area contributed by atoms with Gasteiger partial charge < -0.3 is 14.6 Å². The number of rotatable bonds is 8. The van der Waals surface area contributed by atoms with E-state index >= 15 is 0 Å². The number of benzene rings is 2. The van der Waals surface area contributed by atoms with E-state index in [0.29, 0.717) is 29.2 Å². The summed E-state index contributed by atoms with van der Waals surface area (Å²) in [5.41, 5.74) is 1.03. The number of Topliss-reactive ketones (excluding diaryl/α,β-unsaturated/α-hetero) is 1. The van der Waals surface area contributed by atoms with E-state index in [1.165, 1.54) is 19.2 Å². The smallest absolute Gasteiger partial charge is 0.350 e. The van der Waals surface area contributed by atoms with Gasteiger partial charge in [-0.3, -0.25) is 14.5 Å². The van der Waals surface area contributed by atoms with Crippen molar-refractivity contribution in [1.82, 2.24) is 4.98 Å². The molecular formula is C28H27FN2O6S. The number of thiazole rings is 1. The highest BCUT2D eigenvalue weighted by molar-refractivity contribution is 7.17. The molecule has 1 saturated heterocycles. The number of aliphatic hydroxyl groups is 1. The van der Waals surface area contributed by atoms with Crippen LogP contribution in [0.1, 0.15) is 57.9 Å². The average Bonchev–Trinajstić information content (AvgIpc) is 3.42. The van der Waals surface area contributed by atoms with Crippen molar-refractivity contribution in [1.29, 1.82) is 0 Å². The summed E-state index contributed by atoms with van der Waals surface area (Å²) in [4.78, 5) is 44.6. The van der Waals surface area contributed by atoms with Gasteiger partial charge in [-0.2, -0.15) is 0 Å². The Kier molecular flexibility index (Phi) is 7.91. The van der Waals surface area contributed by atoms with Gasteiger partial charge in [-0.1, -0.05) is 48.9 Å². The lowest BCUT2D eigenvalue weighted by atomic mass is 9.95. The molecule has 1 unspecified atom stereocenters. The molecule has 0 saturated carbocycles. The fourth-order valence-corrected chi connectivity index (χ4v) is 5.10. The highest BCUT2D eigenvalue weighted by Gasteiger charge is 2.48. The molecule has 0 bridgehead atoms. The van der Waals surface area contributed by atoms with Crippen molar-refractivity contribution < 1.29 is 33.4 Å². The van der Waals surface area contributed by atoms with Gasteiger partial charge in [0, 0.05) is 5.56 Å². The van der Waals surface area contributed by atoms with Crippen molar-refractivity contribution >= 4 is 39.9 Å². The molecule has 0 spiro atoms. The number of halogens is 1. The number of ketones is 1. The molecule has 0 radical (unpaired) electrons. The molecule has 4 rings (SSSR count). The molecule has 2 aromatic carbocycles. The fraction of sp³-hybridized carbons (Fsp3) is 0.286. The second-order valence-corrected chi connectivity index (χ2v) is 9.78. The van der Waals surface area contributed by atoms with Gasteiger partial charge in [0.25, 0.3) is 5.78 Å². The van der Waals surface area contributed by atoms with E-state index < -0.39 is 35.3 Å². The van der Waals surface area contributed by atoms with Gasteiger partial charge in [0.15, 0.2) is 5.13 Å². The van der Waals surface area contributed by atoms with Crippen LogP contribution in [-0.4, -0.2) is 41.5 Å². The third-order valence-electron chi connectivity index (χ3n) is 6.21. The molecule has 0 aliphatic carbocycles. The van der Waals surface area contributed by atoms with Crippen LogP contribution in [0.3, 0.4) is 0 Å². The monoisotopic (exact) mass is 538 g/mol. The summed E-state index contributed by atoms with van der Waals surface area (Å²) in [5.74, 6) is -2.98. The lowest BCUT2D eigenvalue weighted by Crippen LogP contribution is -2.29. The van der Waals surface area contributed by atoms with Gasteiger partial charge in [0.1, 0.15) is 22.2 Å².